The molecule has 1 aliphatic rings. The number of rotatable bonds is 7. The molecule has 0 saturated heterocycles. The highest BCUT2D eigenvalue weighted by Gasteiger charge is 2.29. The van der Waals surface area contributed by atoms with Gasteiger partial charge in [-0.1, -0.05) is 30.3 Å². The van der Waals surface area contributed by atoms with E-state index in [-0.39, 0.29) is 11.6 Å². The average molecular weight is 327 g/mol. The highest BCUT2D eigenvalue weighted by molar-refractivity contribution is 5.91. The van der Waals surface area contributed by atoms with E-state index in [2.05, 4.69) is 22.3 Å². The second-order valence-corrected chi connectivity index (χ2v) is 6.22. The summed E-state index contributed by atoms with van der Waals surface area (Å²) in [5.74, 6) is -0.560. The van der Waals surface area contributed by atoms with Crippen LogP contribution in [0.5, 0.6) is 0 Å². The van der Waals surface area contributed by atoms with Crippen molar-refractivity contribution >= 4 is 17.3 Å². The van der Waals surface area contributed by atoms with Crippen molar-refractivity contribution in [3.63, 3.8) is 0 Å². The molecule has 0 unspecified atom stereocenters. The Hall–Kier alpha value is -2.40. The van der Waals surface area contributed by atoms with E-state index in [0.717, 1.165) is 6.54 Å². The van der Waals surface area contributed by atoms with Crippen LogP contribution < -0.4 is 11.1 Å². The number of carbonyl (C=O) groups excluding carboxylic acids is 1. The van der Waals surface area contributed by atoms with Crippen LogP contribution in [0.15, 0.2) is 48.5 Å². The lowest BCUT2D eigenvalue weighted by Crippen LogP contribution is -2.29. The van der Waals surface area contributed by atoms with E-state index in [1.54, 1.807) is 0 Å². The van der Waals surface area contributed by atoms with E-state index in [1.807, 2.05) is 18.2 Å². The van der Waals surface area contributed by atoms with Crippen molar-refractivity contribution in [2.75, 3.05) is 17.6 Å². The summed E-state index contributed by atoms with van der Waals surface area (Å²) in [7, 11) is 0. The molecular weight excluding hydrogens is 305 g/mol. The number of nitrogens with one attached hydrogen (secondary N) is 1. The third kappa shape index (κ3) is 4.55. The minimum atomic E-state index is -0.476. The highest BCUT2D eigenvalue weighted by Crippen LogP contribution is 2.28. The monoisotopic (exact) mass is 327 g/mol. The molecule has 0 atom stereocenters. The molecule has 0 bridgehead atoms. The van der Waals surface area contributed by atoms with Gasteiger partial charge in [-0.2, -0.15) is 0 Å². The Labute approximate surface area is 141 Å². The SMILES string of the molecule is Nc1cc(NC(=O)CCN(Cc2ccccc2)C2CC2)ccc1F. The number of nitrogens with zero attached hydrogens (tertiary/aromatic N) is 1. The number of nitrogens with two attached hydrogens (primary N) is 1. The predicted octanol–water partition coefficient (Wildman–Crippen LogP) is 3.40. The fourth-order valence-electron chi connectivity index (χ4n) is 2.74. The van der Waals surface area contributed by atoms with Gasteiger partial charge in [-0.3, -0.25) is 9.69 Å². The number of amides is 1. The third-order valence-electron chi connectivity index (χ3n) is 4.20. The first-order chi connectivity index (χ1) is 11.6. The van der Waals surface area contributed by atoms with Gasteiger partial charge in [0, 0.05) is 31.2 Å². The maximum Gasteiger partial charge on any atom is 0.225 e. The van der Waals surface area contributed by atoms with Gasteiger partial charge in [-0.15, -0.1) is 0 Å². The molecule has 4 nitrogen and oxygen atoms in total. The van der Waals surface area contributed by atoms with Crippen LogP contribution in [-0.4, -0.2) is 23.4 Å². The van der Waals surface area contributed by atoms with Crippen LogP contribution in [0.3, 0.4) is 0 Å². The number of hydrogen-bond donors (Lipinski definition) is 2. The zero-order valence-electron chi connectivity index (χ0n) is 13.5. The summed E-state index contributed by atoms with van der Waals surface area (Å²) in [5, 5.41) is 2.78. The molecule has 126 valence electrons. The van der Waals surface area contributed by atoms with Crippen molar-refractivity contribution in [1.29, 1.82) is 0 Å². The van der Waals surface area contributed by atoms with Gasteiger partial charge in [-0.05, 0) is 36.6 Å². The summed E-state index contributed by atoms with van der Waals surface area (Å²) in [5.41, 5.74) is 7.34. The number of anilines is 2. The van der Waals surface area contributed by atoms with Crippen molar-refractivity contribution in [2.45, 2.75) is 31.8 Å². The van der Waals surface area contributed by atoms with Crippen LogP contribution in [0.2, 0.25) is 0 Å². The molecule has 2 aromatic carbocycles. The molecule has 1 aliphatic carbocycles. The van der Waals surface area contributed by atoms with Crippen LogP contribution in [-0.2, 0) is 11.3 Å². The molecular formula is C19H22FN3O. The Bertz CT molecular complexity index is 701. The van der Waals surface area contributed by atoms with Crippen LogP contribution in [0, 0.1) is 5.82 Å². The maximum absolute atomic E-state index is 13.1. The quantitative estimate of drug-likeness (QED) is 0.766. The second-order valence-electron chi connectivity index (χ2n) is 6.22. The topological polar surface area (TPSA) is 58.4 Å². The maximum atomic E-state index is 13.1. The first-order valence-electron chi connectivity index (χ1n) is 8.24. The Morgan fingerprint density at radius 3 is 2.62 bits per heavy atom. The van der Waals surface area contributed by atoms with Gasteiger partial charge in [0.25, 0.3) is 0 Å². The number of halogens is 1. The second kappa shape index (κ2) is 7.45. The van der Waals surface area contributed by atoms with E-state index in [0.29, 0.717) is 24.7 Å². The molecule has 2 aromatic rings. The molecule has 0 aromatic heterocycles. The number of carbonyl (C=O) groups is 1. The minimum Gasteiger partial charge on any atom is -0.396 e. The molecule has 0 aliphatic heterocycles. The lowest BCUT2D eigenvalue weighted by molar-refractivity contribution is -0.116. The van der Waals surface area contributed by atoms with Crippen molar-refractivity contribution in [1.82, 2.24) is 4.90 Å². The van der Waals surface area contributed by atoms with Gasteiger partial charge in [0.05, 0.1) is 5.69 Å². The Kier molecular flexibility index (Phi) is 5.11. The van der Waals surface area contributed by atoms with Gasteiger partial charge in [-0.25, -0.2) is 4.39 Å². The number of hydrogen-bond acceptors (Lipinski definition) is 3. The molecule has 0 spiro atoms. The third-order valence-corrected chi connectivity index (χ3v) is 4.20. The number of nitrogen functional groups attached to an aromatic ring is 1. The summed E-state index contributed by atoms with van der Waals surface area (Å²) in [6.07, 6.45) is 2.80. The van der Waals surface area contributed by atoms with Crippen molar-refractivity contribution in [2.24, 2.45) is 0 Å². The van der Waals surface area contributed by atoms with Crippen molar-refractivity contribution < 1.29 is 9.18 Å². The van der Waals surface area contributed by atoms with E-state index < -0.39 is 5.82 Å². The van der Waals surface area contributed by atoms with E-state index in [4.69, 9.17) is 5.73 Å². The van der Waals surface area contributed by atoms with Crippen LogP contribution in [0.4, 0.5) is 15.8 Å². The largest absolute Gasteiger partial charge is 0.396 e. The Balaban J connectivity index is 1.52. The zero-order valence-corrected chi connectivity index (χ0v) is 13.5. The van der Waals surface area contributed by atoms with Crippen molar-refractivity contribution in [3.8, 4) is 0 Å². The molecule has 1 fully saturated rings. The Morgan fingerprint density at radius 1 is 1.21 bits per heavy atom. The lowest BCUT2D eigenvalue weighted by atomic mass is 10.2. The molecule has 1 saturated carbocycles. The van der Waals surface area contributed by atoms with Gasteiger partial charge in [0.2, 0.25) is 5.91 Å². The van der Waals surface area contributed by atoms with Crippen LogP contribution in [0.1, 0.15) is 24.8 Å². The predicted molar refractivity (Wildman–Crippen MR) is 93.9 cm³/mol. The summed E-state index contributed by atoms with van der Waals surface area (Å²) in [6.45, 7) is 1.57. The first kappa shape index (κ1) is 16.5. The Morgan fingerprint density at radius 2 is 1.96 bits per heavy atom. The van der Waals surface area contributed by atoms with E-state index in [1.165, 1.54) is 36.6 Å². The standard InChI is InChI=1S/C19H22FN3O/c20-17-9-6-15(12-18(17)21)22-19(24)10-11-23(16-7-8-16)13-14-4-2-1-3-5-14/h1-6,9,12,16H,7-8,10-11,13,21H2,(H,22,24). The first-order valence-corrected chi connectivity index (χ1v) is 8.24. The molecule has 3 N–H and O–H groups in total. The minimum absolute atomic E-state index is 0.0384. The van der Waals surface area contributed by atoms with Gasteiger partial charge >= 0.3 is 0 Å². The highest BCUT2D eigenvalue weighted by atomic mass is 19.1. The molecule has 3 rings (SSSR count). The summed E-state index contributed by atoms with van der Waals surface area (Å²) in [6, 6.07) is 15.1. The summed E-state index contributed by atoms with van der Waals surface area (Å²) in [4.78, 5) is 14.5. The molecule has 1 amide bonds. The summed E-state index contributed by atoms with van der Waals surface area (Å²) < 4.78 is 13.1. The van der Waals surface area contributed by atoms with Crippen LogP contribution >= 0.6 is 0 Å². The molecule has 24 heavy (non-hydrogen) atoms. The van der Waals surface area contributed by atoms with E-state index in [9.17, 15) is 9.18 Å². The average Bonchev–Trinajstić information content (AvgIpc) is 3.41. The van der Waals surface area contributed by atoms with E-state index >= 15 is 0 Å². The van der Waals surface area contributed by atoms with Gasteiger partial charge < -0.3 is 11.1 Å². The summed E-state index contributed by atoms with van der Waals surface area (Å²) >= 11 is 0. The van der Waals surface area contributed by atoms with Gasteiger partial charge in [0.15, 0.2) is 0 Å². The van der Waals surface area contributed by atoms with Crippen LogP contribution in [0.25, 0.3) is 0 Å². The molecule has 0 heterocycles. The zero-order chi connectivity index (χ0) is 16.9. The lowest BCUT2D eigenvalue weighted by Gasteiger charge is -2.21. The smallest absolute Gasteiger partial charge is 0.225 e. The molecule has 5 heteroatoms. The fourth-order valence-corrected chi connectivity index (χ4v) is 2.74. The van der Waals surface area contributed by atoms with Crippen molar-refractivity contribution in [3.05, 3.63) is 59.9 Å². The molecule has 0 radical (unpaired) electrons. The van der Waals surface area contributed by atoms with Gasteiger partial charge in [0.1, 0.15) is 5.82 Å². The number of benzene rings is 2. The fraction of sp³-hybridized carbons (Fsp3) is 0.316. The normalized spacial score (nSPS) is 13.9.